The van der Waals surface area contributed by atoms with Gasteiger partial charge in [0, 0.05) is 12.1 Å². The van der Waals surface area contributed by atoms with E-state index in [1.165, 1.54) is 0 Å². The first-order valence-electron chi connectivity index (χ1n) is 6.86. The van der Waals surface area contributed by atoms with Crippen LogP contribution in [0.4, 0.5) is 5.69 Å². The predicted octanol–water partition coefficient (Wildman–Crippen LogP) is 3.21. The summed E-state index contributed by atoms with van der Waals surface area (Å²) in [4.78, 5) is 12.0. The van der Waals surface area contributed by atoms with Crippen molar-refractivity contribution in [3.8, 4) is 0 Å². The Morgan fingerprint density at radius 2 is 1.75 bits per heavy atom. The standard InChI is InChI=1S/C16H23NO3/c1-11-6-8-12(9-7-11)17-16(13(18)19)10-14(2,3)20-15(16,4)5/h6-9,17H,10H2,1-5H3,(H,18,19). The quantitative estimate of drug-likeness (QED) is 0.890. The van der Waals surface area contributed by atoms with Crippen LogP contribution in [-0.2, 0) is 9.53 Å². The Labute approximate surface area is 120 Å². The normalized spacial score (nSPS) is 27.2. The maximum Gasteiger partial charge on any atom is 0.332 e. The number of aryl methyl sites for hydroxylation is 1. The van der Waals surface area contributed by atoms with Crippen LogP contribution in [0.2, 0.25) is 0 Å². The van der Waals surface area contributed by atoms with Crippen molar-refractivity contribution >= 4 is 11.7 Å². The topological polar surface area (TPSA) is 58.6 Å². The number of rotatable bonds is 3. The van der Waals surface area contributed by atoms with Crippen LogP contribution in [0.5, 0.6) is 0 Å². The van der Waals surface area contributed by atoms with Crippen molar-refractivity contribution in [3.63, 3.8) is 0 Å². The SMILES string of the molecule is Cc1ccc(NC2(C(=O)O)CC(C)(C)OC2(C)C)cc1. The van der Waals surface area contributed by atoms with Crippen molar-refractivity contribution in [1.29, 1.82) is 0 Å². The minimum Gasteiger partial charge on any atom is -0.479 e. The van der Waals surface area contributed by atoms with Gasteiger partial charge in [-0.2, -0.15) is 0 Å². The molecule has 1 aromatic carbocycles. The molecule has 110 valence electrons. The molecule has 1 atom stereocenters. The van der Waals surface area contributed by atoms with Gasteiger partial charge in [-0.05, 0) is 46.8 Å². The Bertz CT molecular complexity index is 519. The van der Waals surface area contributed by atoms with E-state index >= 15 is 0 Å². The van der Waals surface area contributed by atoms with Crippen LogP contribution in [0.1, 0.15) is 39.7 Å². The van der Waals surface area contributed by atoms with Crippen LogP contribution in [0.15, 0.2) is 24.3 Å². The molecule has 1 aromatic rings. The number of hydrogen-bond donors (Lipinski definition) is 2. The molecule has 1 heterocycles. The van der Waals surface area contributed by atoms with Gasteiger partial charge in [-0.1, -0.05) is 17.7 Å². The molecule has 20 heavy (non-hydrogen) atoms. The summed E-state index contributed by atoms with van der Waals surface area (Å²) in [5.41, 5.74) is -0.465. The number of carboxylic acid groups (broad SMARTS) is 1. The first-order valence-corrected chi connectivity index (χ1v) is 6.86. The summed E-state index contributed by atoms with van der Waals surface area (Å²) >= 11 is 0. The van der Waals surface area contributed by atoms with Crippen LogP contribution in [0.3, 0.4) is 0 Å². The fourth-order valence-corrected chi connectivity index (χ4v) is 3.13. The molecule has 2 rings (SSSR count). The molecule has 0 amide bonds. The Kier molecular flexibility index (Phi) is 3.33. The van der Waals surface area contributed by atoms with Gasteiger partial charge in [0.05, 0.1) is 11.2 Å². The highest BCUT2D eigenvalue weighted by Crippen LogP contribution is 2.47. The number of hydrogen-bond acceptors (Lipinski definition) is 3. The lowest BCUT2D eigenvalue weighted by Crippen LogP contribution is -2.58. The average Bonchev–Trinajstić information content (AvgIpc) is 2.47. The Morgan fingerprint density at radius 3 is 2.15 bits per heavy atom. The summed E-state index contributed by atoms with van der Waals surface area (Å²) < 4.78 is 5.97. The number of anilines is 1. The van der Waals surface area contributed by atoms with E-state index in [4.69, 9.17) is 4.74 Å². The molecular weight excluding hydrogens is 254 g/mol. The summed E-state index contributed by atoms with van der Waals surface area (Å²) in [5.74, 6) is -0.881. The second-order valence-electron chi connectivity index (χ2n) is 6.75. The van der Waals surface area contributed by atoms with Gasteiger partial charge >= 0.3 is 5.97 Å². The van der Waals surface area contributed by atoms with Gasteiger partial charge in [0.2, 0.25) is 0 Å². The van der Waals surface area contributed by atoms with Crippen LogP contribution in [-0.4, -0.2) is 27.8 Å². The summed E-state index contributed by atoms with van der Waals surface area (Å²) in [7, 11) is 0. The molecule has 0 bridgehead atoms. The van der Waals surface area contributed by atoms with Crippen molar-refractivity contribution in [2.45, 2.75) is 57.8 Å². The summed E-state index contributed by atoms with van der Waals surface area (Å²) in [5, 5.41) is 13.0. The van der Waals surface area contributed by atoms with Crippen molar-refractivity contribution in [1.82, 2.24) is 0 Å². The monoisotopic (exact) mass is 277 g/mol. The molecule has 0 aliphatic carbocycles. The lowest BCUT2D eigenvalue weighted by molar-refractivity contribution is -0.149. The second-order valence-corrected chi connectivity index (χ2v) is 6.75. The van der Waals surface area contributed by atoms with E-state index in [0.29, 0.717) is 6.42 Å². The van der Waals surface area contributed by atoms with Crippen LogP contribution in [0, 0.1) is 6.92 Å². The summed E-state index contributed by atoms with van der Waals surface area (Å²) in [6.45, 7) is 9.52. The molecule has 2 N–H and O–H groups in total. The lowest BCUT2D eigenvalue weighted by Gasteiger charge is -2.37. The van der Waals surface area contributed by atoms with E-state index < -0.39 is 22.7 Å². The van der Waals surface area contributed by atoms with Crippen molar-refractivity contribution < 1.29 is 14.6 Å². The van der Waals surface area contributed by atoms with E-state index in [2.05, 4.69) is 5.32 Å². The fourth-order valence-electron chi connectivity index (χ4n) is 3.13. The van der Waals surface area contributed by atoms with Gasteiger partial charge in [-0.15, -0.1) is 0 Å². The van der Waals surface area contributed by atoms with Gasteiger partial charge < -0.3 is 15.2 Å². The first-order chi connectivity index (χ1) is 9.08. The van der Waals surface area contributed by atoms with Crippen LogP contribution in [0.25, 0.3) is 0 Å². The zero-order valence-electron chi connectivity index (χ0n) is 12.8. The molecule has 1 saturated heterocycles. The van der Waals surface area contributed by atoms with Gasteiger partial charge in [-0.3, -0.25) is 0 Å². The van der Waals surface area contributed by atoms with Crippen LogP contribution < -0.4 is 5.32 Å². The van der Waals surface area contributed by atoms with E-state index in [1.807, 2.05) is 58.9 Å². The highest BCUT2D eigenvalue weighted by atomic mass is 16.5. The predicted molar refractivity (Wildman–Crippen MR) is 79.0 cm³/mol. The highest BCUT2D eigenvalue weighted by Gasteiger charge is 2.62. The van der Waals surface area contributed by atoms with Gasteiger partial charge in [0.1, 0.15) is 0 Å². The maximum absolute atomic E-state index is 12.0. The molecule has 0 aromatic heterocycles. The highest BCUT2D eigenvalue weighted by molar-refractivity contribution is 5.85. The zero-order valence-corrected chi connectivity index (χ0v) is 12.8. The van der Waals surface area contributed by atoms with Crippen molar-refractivity contribution in [2.24, 2.45) is 0 Å². The molecular formula is C16H23NO3. The lowest BCUT2D eigenvalue weighted by atomic mass is 9.78. The smallest absolute Gasteiger partial charge is 0.332 e. The zero-order chi connectivity index (χ0) is 15.2. The largest absolute Gasteiger partial charge is 0.479 e. The second kappa shape index (κ2) is 4.48. The molecule has 1 unspecified atom stereocenters. The molecule has 1 fully saturated rings. The van der Waals surface area contributed by atoms with Crippen molar-refractivity contribution in [3.05, 3.63) is 29.8 Å². The molecule has 1 aliphatic heterocycles. The molecule has 0 saturated carbocycles. The average molecular weight is 277 g/mol. The van der Waals surface area contributed by atoms with Crippen molar-refractivity contribution in [2.75, 3.05) is 5.32 Å². The third-order valence-corrected chi connectivity index (χ3v) is 4.02. The van der Waals surface area contributed by atoms with Crippen LogP contribution >= 0.6 is 0 Å². The molecule has 1 aliphatic rings. The first kappa shape index (κ1) is 14.9. The number of carbonyl (C=O) groups is 1. The van der Waals surface area contributed by atoms with Gasteiger partial charge in [-0.25, -0.2) is 4.79 Å². The third kappa shape index (κ3) is 2.40. The third-order valence-electron chi connectivity index (χ3n) is 4.02. The Hall–Kier alpha value is -1.55. The number of nitrogens with one attached hydrogen (secondary N) is 1. The number of aliphatic carboxylic acids is 1. The molecule has 0 radical (unpaired) electrons. The molecule has 4 heteroatoms. The van der Waals surface area contributed by atoms with Gasteiger partial charge in [0.25, 0.3) is 0 Å². The van der Waals surface area contributed by atoms with E-state index in [9.17, 15) is 9.90 Å². The number of ether oxygens (including phenoxy) is 1. The molecule has 0 spiro atoms. The van der Waals surface area contributed by atoms with E-state index in [1.54, 1.807) is 0 Å². The minimum absolute atomic E-state index is 0.413. The fraction of sp³-hybridized carbons (Fsp3) is 0.562. The minimum atomic E-state index is -1.13. The number of benzene rings is 1. The van der Waals surface area contributed by atoms with E-state index in [0.717, 1.165) is 11.3 Å². The maximum atomic E-state index is 12.0. The molecule has 4 nitrogen and oxygen atoms in total. The number of carboxylic acids is 1. The van der Waals surface area contributed by atoms with Gasteiger partial charge in [0.15, 0.2) is 5.54 Å². The summed E-state index contributed by atoms with van der Waals surface area (Å²) in [6.07, 6.45) is 0.413. The summed E-state index contributed by atoms with van der Waals surface area (Å²) in [6, 6.07) is 7.74. The Morgan fingerprint density at radius 1 is 1.20 bits per heavy atom. The van der Waals surface area contributed by atoms with E-state index in [-0.39, 0.29) is 0 Å². The Balaban J connectivity index is 2.41.